The number of hydrogen-bond acceptors (Lipinski definition) is 6. The highest BCUT2D eigenvalue weighted by atomic mass is 32.2. The molecule has 21 heavy (non-hydrogen) atoms. The van der Waals surface area contributed by atoms with Crippen LogP contribution in [0.2, 0.25) is 0 Å². The Morgan fingerprint density at radius 2 is 2.38 bits per heavy atom. The predicted molar refractivity (Wildman–Crippen MR) is 75.3 cm³/mol. The summed E-state index contributed by atoms with van der Waals surface area (Å²) in [5.41, 5.74) is 0. The number of esters is 1. The molecule has 1 aliphatic rings. The molecule has 1 aliphatic heterocycles. The molecule has 2 amide bonds. The van der Waals surface area contributed by atoms with Crippen LogP contribution in [0.4, 0.5) is 0 Å². The van der Waals surface area contributed by atoms with Crippen LogP contribution in [0.25, 0.3) is 0 Å². The lowest BCUT2D eigenvalue weighted by Gasteiger charge is -2.21. The van der Waals surface area contributed by atoms with Crippen molar-refractivity contribution in [2.45, 2.75) is 12.3 Å². The molecular weight excluding hydrogens is 296 g/mol. The van der Waals surface area contributed by atoms with Gasteiger partial charge in [-0.2, -0.15) is 0 Å². The van der Waals surface area contributed by atoms with Crippen LogP contribution in [-0.4, -0.2) is 48.1 Å². The molecule has 114 valence electrons. The first-order valence-corrected chi connectivity index (χ1v) is 7.53. The summed E-state index contributed by atoms with van der Waals surface area (Å²) in [5.74, 6) is -0.112. The van der Waals surface area contributed by atoms with Gasteiger partial charge in [-0.1, -0.05) is 0 Å². The van der Waals surface area contributed by atoms with E-state index in [1.807, 2.05) is 0 Å². The van der Waals surface area contributed by atoms with Crippen LogP contribution in [0.15, 0.2) is 22.8 Å². The quantitative estimate of drug-likeness (QED) is 0.771. The third-order valence-corrected chi connectivity index (χ3v) is 4.02. The summed E-state index contributed by atoms with van der Waals surface area (Å²) < 4.78 is 10.00. The molecule has 1 aromatic rings. The number of nitrogens with zero attached hydrogens (tertiary/aromatic N) is 1. The molecule has 1 fully saturated rings. The van der Waals surface area contributed by atoms with Gasteiger partial charge in [-0.05, 0) is 19.1 Å². The number of carbonyl (C=O) groups is 3. The Bertz CT molecular complexity index is 517. The second kappa shape index (κ2) is 7.16. The standard InChI is InChI=1S/C13H16N2O5S/c1-2-19-12(18)6-14-10(16)7-15-11(17)8-21-13(15)9-4-3-5-20-9/h3-5,13H,2,6-8H2,1H3,(H,14,16). The molecule has 2 rings (SSSR count). The van der Waals surface area contributed by atoms with E-state index in [1.54, 1.807) is 19.1 Å². The summed E-state index contributed by atoms with van der Waals surface area (Å²) in [7, 11) is 0. The number of thioether (sulfide) groups is 1. The number of nitrogens with one attached hydrogen (secondary N) is 1. The summed E-state index contributed by atoms with van der Waals surface area (Å²) in [6.07, 6.45) is 1.53. The molecule has 1 unspecified atom stereocenters. The van der Waals surface area contributed by atoms with E-state index in [4.69, 9.17) is 9.15 Å². The molecule has 0 saturated carbocycles. The lowest BCUT2D eigenvalue weighted by atomic mass is 10.3. The fourth-order valence-electron chi connectivity index (χ4n) is 1.89. The van der Waals surface area contributed by atoms with E-state index in [-0.39, 0.29) is 31.0 Å². The molecule has 0 spiro atoms. The zero-order valence-corrected chi connectivity index (χ0v) is 12.4. The van der Waals surface area contributed by atoms with E-state index in [1.165, 1.54) is 22.9 Å². The maximum Gasteiger partial charge on any atom is 0.325 e. The summed E-state index contributed by atoms with van der Waals surface area (Å²) in [4.78, 5) is 36.3. The number of ether oxygens (including phenoxy) is 1. The van der Waals surface area contributed by atoms with Crippen molar-refractivity contribution in [2.75, 3.05) is 25.4 Å². The zero-order chi connectivity index (χ0) is 15.2. The van der Waals surface area contributed by atoms with Crippen LogP contribution in [0, 0.1) is 0 Å². The Morgan fingerprint density at radius 3 is 3.05 bits per heavy atom. The Labute approximate surface area is 126 Å². The average Bonchev–Trinajstić information content (AvgIpc) is 3.08. The largest absolute Gasteiger partial charge is 0.466 e. The van der Waals surface area contributed by atoms with Crippen molar-refractivity contribution >= 4 is 29.5 Å². The summed E-state index contributed by atoms with van der Waals surface area (Å²) in [6, 6.07) is 3.50. The van der Waals surface area contributed by atoms with Crippen LogP contribution in [0.1, 0.15) is 18.1 Å². The van der Waals surface area contributed by atoms with Crippen molar-refractivity contribution in [1.29, 1.82) is 0 Å². The second-order valence-electron chi connectivity index (χ2n) is 4.28. The SMILES string of the molecule is CCOC(=O)CNC(=O)CN1C(=O)CSC1c1ccco1. The van der Waals surface area contributed by atoms with Crippen molar-refractivity contribution in [1.82, 2.24) is 10.2 Å². The van der Waals surface area contributed by atoms with E-state index in [0.717, 1.165) is 0 Å². The maximum absolute atomic E-state index is 11.8. The Kier molecular flexibility index (Phi) is 5.26. The molecule has 2 heterocycles. The molecule has 8 heteroatoms. The highest BCUT2D eigenvalue weighted by molar-refractivity contribution is 8.00. The monoisotopic (exact) mass is 312 g/mol. The summed E-state index contributed by atoms with van der Waals surface area (Å²) >= 11 is 1.40. The zero-order valence-electron chi connectivity index (χ0n) is 11.5. The van der Waals surface area contributed by atoms with E-state index in [9.17, 15) is 14.4 Å². The predicted octanol–water partition coefficient (Wildman–Crippen LogP) is 0.533. The molecule has 0 radical (unpaired) electrons. The highest BCUT2D eigenvalue weighted by Crippen LogP contribution is 2.38. The molecule has 1 atom stereocenters. The highest BCUT2D eigenvalue weighted by Gasteiger charge is 2.35. The third-order valence-electron chi connectivity index (χ3n) is 2.80. The van der Waals surface area contributed by atoms with Crippen LogP contribution in [0.5, 0.6) is 0 Å². The summed E-state index contributed by atoms with van der Waals surface area (Å²) in [5, 5.41) is 2.13. The van der Waals surface area contributed by atoms with Crippen molar-refractivity contribution in [3.8, 4) is 0 Å². The Morgan fingerprint density at radius 1 is 1.57 bits per heavy atom. The molecule has 1 N–H and O–H groups in total. The summed E-state index contributed by atoms with van der Waals surface area (Å²) in [6.45, 7) is 1.63. The lowest BCUT2D eigenvalue weighted by Crippen LogP contribution is -2.41. The lowest BCUT2D eigenvalue weighted by molar-refractivity contribution is -0.143. The van der Waals surface area contributed by atoms with Gasteiger partial charge in [0.2, 0.25) is 11.8 Å². The normalized spacial score (nSPS) is 17.9. The molecule has 0 bridgehead atoms. The van der Waals surface area contributed by atoms with Gasteiger partial charge in [0, 0.05) is 0 Å². The minimum Gasteiger partial charge on any atom is -0.466 e. The second-order valence-corrected chi connectivity index (χ2v) is 5.35. The topological polar surface area (TPSA) is 88.9 Å². The first-order valence-electron chi connectivity index (χ1n) is 6.48. The molecule has 1 saturated heterocycles. The smallest absolute Gasteiger partial charge is 0.325 e. The van der Waals surface area contributed by atoms with Crippen molar-refractivity contribution in [2.24, 2.45) is 0 Å². The Balaban J connectivity index is 1.89. The van der Waals surface area contributed by atoms with E-state index >= 15 is 0 Å². The average molecular weight is 312 g/mol. The number of amides is 2. The molecule has 0 aromatic carbocycles. The van der Waals surface area contributed by atoms with Crippen molar-refractivity contribution < 1.29 is 23.5 Å². The number of furan rings is 1. The van der Waals surface area contributed by atoms with Gasteiger partial charge in [0.05, 0.1) is 18.6 Å². The first kappa shape index (κ1) is 15.4. The van der Waals surface area contributed by atoms with Gasteiger partial charge >= 0.3 is 5.97 Å². The maximum atomic E-state index is 11.8. The van der Waals surface area contributed by atoms with E-state index in [0.29, 0.717) is 11.5 Å². The van der Waals surface area contributed by atoms with E-state index < -0.39 is 11.9 Å². The van der Waals surface area contributed by atoms with Crippen molar-refractivity contribution in [3.63, 3.8) is 0 Å². The third kappa shape index (κ3) is 4.01. The molecule has 7 nitrogen and oxygen atoms in total. The van der Waals surface area contributed by atoms with Crippen LogP contribution in [0.3, 0.4) is 0 Å². The van der Waals surface area contributed by atoms with Gasteiger partial charge in [0.15, 0.2) is 0 Å². The van der Waals surface area contributed by atoms with Gasteiger partial charge in [0.25, 0.3) is 0 Å². The number of rotatable bonds is 6. The van der Waals surface area contributed by atoms with Gasteiger partial charge in [-0.15, -0.1) is 11.8 Å². The molecule has 1 aromatic heterocycles. The first-order chi connectivity index (χ1) is 10.1. The minimum absolute atomic E-state index is 0.114. The number of carbonyl (C=O) groups excluding carboxylic acids is 3. The van der Waals surface area contributed by atoms with E-state index in [2.05, 4.69) is 5.32 Å². The minimum atomic E-state index is -0.504. The van der Waals surface area contributed by atoms with Crippen LogP contribution in [-0.2, 0) is 19.1 Å². The fourth-order valence-corrected chi connectivity index (χ4v) is 3.02. The van der Waals surface area contributed by atoms with Gasteiger partial charge < -0.3 is 19.4 Å². The molecular formula is C13H16N2O5S. The Hall–Kier alpha value is -1.96. The van der Waals surface area contributed by atoms with Crippen LogP contribution < -0.4 is 5.32 Å². The van der Waals surface area contributed by atoms with Gasteiger partial charge in [-0.3, -0.25) is 14.4 Å². The fraction of sp³-hybridized carbons (Fsp3) is 0.462. The molecule has 0 aliphatic carbocycles. The van der Waals surface area contributed by atoms with Gasteiger partial charge in [0.1, 0.15) is 24.2 Å². The van der Waals surface area contributed by atoms with Crippen molar-refractivity contribution in [3.05, 3.63) is 24.2 Å². The van der Waals surface area contributed by atoms with Gasteiger partial charge in [-0.25, -0.2) is 0 Å². The van der Waals surface area contributed by atoms with Crippen LogP contribution >= 0.6 is 11.8 Å². The number of hydrogen-bond donors (Lipinski definition) is 1.